The van der Waals surface area contributed by atoms with Crippen LogP contribution in [0.5, 0.6) is 17.2 Å². The Labute approximate surface area is 168 Å². The molecule has 0 aliphatic carbocycles. The van der Waals surface area contributed by atoms with Crippen LogP contribution in [-0.2, 0) is 17.8 Å². The predicted octanol–water partition coefficient (Wildman–Crippen LogP) is 4.04. The Balaban J connectivity index is 1.44. The average Bonchev–Trinajstić information content (AvgIpc) is 3.36. The van der Waals surface area contributed by atoms with Crippen molar-refractivity contribution in [3.63, 3.8) is 0 Å². The molecule has 1 unspecified atom stereocenters. The molecule has 2 heterocycles. The molecule has 0 amide bonds. The normalized spacial score (nSPS) is 14.8. The fourth-order valence-electron chi connectivity index (χ4n) is 3.24. The Morgan fingerprint density at radius 1 is 1.10 bits per heavy atom. The van der Waals surface area contributed by atoms with Gasteiger partial charge < -0.3 is 23.5 Å². The first kappa shape index (κ1) is 18.9. The van der Waals surface area contributed by atoms with Crippen LogP contribution in [0.1, 0.15) is 28.5 Å². The zero-order chi connectivity index (χ0) is 20.4. The van der Waals surface area contributed by atoms with E-state index in [0.717, 1.165) is 23.3 Å². The first-order chi connectivity index (χ1) is 14.1. The van der Waals surface area contributed by atoms with Crippen molar-refractivity contribution in [2.45, 2.75) is 26.1 Å². The predicted molar refractivity (Wildman–Crippen MR) is 104 cm³/mol. The first-order valence-corrected chi connectivity index (χ1v) is 9.21. The average molecular weight is 395 g/mol. The van der Waals surface area contributed by atoms with Crippen molar-refractivity contribution in [1.29, 1.82) is 0 Å². The Bertz CT molecular complexity index is 1020. The van der Waals surface area contributed by atoms with Gasteiger partial charge in [-0.2, -0.15) is 0 Å². The fraction of sp³-hybridized carbons (Fsp3) is 0.273. The van der Waals surface area contributed by atoms with Gasteiger partial charge in [0.25, 0.3) is 0 Å². The van der Waals surface area contributed by atoms with Gasteiger partial charge in [0.05, 0.1) is 19.8 Å². The molecule has 1 atom stereocenters. The van der Waals surface area contributed by atoms with Crippen molar-refractivity contribution in [1.82, 2.24) is 5.16 Å². The highest BCUT2D eigenvalue weighted by atomic mass is 16.5. The number of esters is 1. The van der Waals surface area contributed by atoms with Crippen LogP contribution in [0.2, 0.25) is 0 Å². The number of fused-ring (bicyclic) bond motifs is 1. The third-order valence-corrected chi connectivity index (χ3v) is 4.68. The Kier molecular flexibility index (Phi) is 5.12. The van der Waals surface area contributed by atoms with Crippen molar-refractivity contribution in [3.05, 3.63) is 59.3 Å². The molecule has 0 spiro atoms. The maximum absolute atomic E-state index is 12.4. The summed E-state index contributed by atoms with van der Waals surface area (Å²) in [5.41, 5.74) is 2.90. The van der Waals surface area contributed by atoms with Gasteiger partial charge in [-0.05, 0) is 42.8 Å². The minimum atomic E-state index is -0.504. The van der Waals surface area contributed by atoms with E-state index < -0.39 is 5.97 Å². The van der Waals surface area contributed by atoms with E-state index in [1.165, 1.54) is 14.2 Å². The van der Waals surface area contributed by atoms with Gasteiger partial charge in [0, 0.05) is 24.1 Å². The minimum Gasteiger partial charge on any atom is -0.497 e. The second-order valence-electron chi connectivity index (χ2n) is 6.82. The first-order valence-electron chi connectivity index (χ1n) is 9.21. The summed E-state index contributed by atoms with van der Waals surface area (Å²) in [5.74, 6) is 2.03. The van der Waals surface area contributed by atoms with Crippen molar-refractivity contribution in [3.8, 4) is 28.6 Å². The minimum absolute atomic E-state index is 0.00700. The summed E-state index contributed by atoms with van der Waals surface area (Å²) < 4.78 is 26.9. The zero-order valence-corrected chi connectivity index (χ0v) is 16.4. The molecule has 1 aliphatic heterocycles. The highest BCUT2D eigenvalue weighted by Crippen LogP contribution is 2.33. The van der Waals surface area contributed by atoms with Gasteiger partial charge in [0.1, 0.15) is 35.7 Å². The smallest absolute Gasteiger partial charge is 0.338 e. The highest BCUT2D eigenvalue weighted by molar-refractivity contribution is 5.90. The van der Waals surface area contributed by atoms with Crippen LogP contribution in [0.25, 0.3) is 11.3 Å². The molecule has 1 aliphatic rings. The largest absolute Gasteiger partial charge is 0.497 e. The van der Waals surface area contributed by atoms with E-state index in [1.807, 2.05) is 25.1 Å². The number of hydrogen-bond acceptors (Lipinski definition) is 7. The molecule has 2 aromatic carbocycles. The summed E-state index contributed by atoms with van der Waals surface area (Å²) in [5, 5.41) is 4.00. The number of carbonyl (C=O) groups excluding carboxylic acids is 1. The van der Waals surface area contributed by atoms with Crippen LogP contribution in [0.15, 0.2) is 47.0 Å². The summed E-state index contributed by atoms with van der Waals surface area (Å²) >= 11 is 0. The van der Waals surface area contributed by atoms with Gasteiger partial charge in [-0.1, -0.05) is 5.16 Å². The van der Waals surface area contributed by atoms with Gasteiger partial charge in [0.15, 0.2) is 5.76 Å². The zero-order valence-electron chi connectivity index (χ0n) is 16.4. The number of aromatic nitrogens is 1. The molecule has 3 aromatic rings. The summed E-state index contributed by atoms with van der Waals surface area (Å²) in [7, 11) is 3.04. The second kappa shape index (κ2) is 7.87. The van der Waals surface area contributed by atoms with Gasteiger partial charge >= 0.3 is 5.97 Å². The second-order valence-corrected chi connectivity index (χ2v) is 6.82. The number of hydrogen-bond donors (Lipinski definition) is 0. The van der Waals surface area contributed by atoms with E-state index in [-0.39, 0.29) is 12.7 Å². The molecule has 7 nitrogen and oxygen atoms in total. The quantitative estimate of drug-likeness (QED) is 0.583. The highest BCUT2D eigenvalue weighted by Gasteiger charge is 2.20. The summed E-state index contributed by atoms with van der Waals surface area (Å²) in [6.07, 6.45) is 1.05. The van der Waals surface area contributed by atoms with E-state index in [2.05, 4.69) is 5.16 Å². The Morgan fingerprint density at radius 3 is 2.59 bits per heavy atom. The molecule has 7 heteroatoms. The monoisotopic (exact) mass is 395 g/mol. The molecular weight excluding hydrogens is 374 g/mol. The lowest BCUT2D eigenvalue weighted by Crippen LogP contribution is -2.06. The molecule has 0 N–H and O–H groups in total. The van der Waals surface area contributed by atoms with Crippen LogP contribution in [-0.4, -0.2) is 31.4 Å². The molecule has 1 aromatic heterocycles. The molecule has 0 fully saturated rings. The molecule has 0 saturated carbocycles. The molecule has 0 bridgehead atoms. The molecular formula is C22H21NO6. The van der Waals surface area contributed by atoms with E-state index >= 15 is 0 Å². The van der Waals surface area contributed by atoms with Crippen LogP contribution < -0.4 is 14.2 Å². The van der Waals surface area contributed by atoms with Gasteiger partial charge in [-0.15, -0.1) is 0 Å². The lowest BCUT2D eigenvalue weighted by Gasteiger charge is -2.08. The van der Waals surface area contributed by atoms with Crippen LogP contribution in [0.3, 0.4) is 0 Å². The maximum atomic E-state index is 12.4. The van der Waals surface area contributed by atoms with Crippen LogP contribution >= 0.6 is 0 Å². The van der Waals surface area contributed by atoms with Gasteiger partial charge in [-0.25, -0.2) is 4.79 Å². The number of nitrogens with zero attached hydrogens (tertiary/aromatic N) is 1. The summed E-state index contributed by atoms with van der Waals surface area (Å²) in [6.45, 7) is 2.03. The molecule has 29 heavy (non-hydrogen) atoms. The maximum Gasteiger partial charge on any atom is 0.338 e. The number of methoxy groups -OCH3 is 2. The lowest BCUT2D eigenvalue weighted by atomic mass is 10.1. The summed E-state index contributed by atoms with van der Waals surface area (Å²) in [4.78, 5) is 12.4. The standard InChI is InChI=1S/C22H21NO6/c1-13-6-15-7-14(4-5-20(15)28-13)21-10-17(23-29-21)12-27-22(24)16-8-18(25-2)11-19(9-16)26-3/h4-5,7-11,13H,6,12H2,1-3H3. The van der Waals surface area contributed by atoms with Crippen LogP contribution in [0.4, 0.5) is 0 Å². The van der Waals surface area contributed by atoms with E-state index in [4.69, 9.17) is 23.5 Å². The molecule has 0 saturated heterocycles. The molecule has 150 valence electrons. The topological polar surface area (TPSA) is 80.0 Å². The summed E-state index contributed by atoms with van der Waals surface area (Å²) in [6, 6.07) is 12.5. The number of benzene rings is 2. The lowest BCUT2D eigenvalue weighted by molar-refractivity contribution is 0.0463. The molecule has 4 rings (SSSR count). The SMILES string of the molecule is COc1cc(OC)cc(C(=O)OCc2cc(-c3ccc4c(c3)CC(C)O4)on2)c1. The Morgan fingerprint density at radius 2 is 1.86 bits per heavy atom. The Hall–Kier alpha value is -3.48. The van der Waals surface area contributed by atoms with Crippen LogP contribution in [0, 0.1) is 0 Å². The van der Waals surface area contributed by atoms with Crippen molar-refractivity contribution >= 4 is 5.97 Å². The van der Waals surface area contributed by atoms with E-state index in [0.29, 0.717) is 28.5 Å². The van der Waals surface area contributed by atoms with E-state index in [9.17, 15) is 4.79 Å². The van der Waals surface area contributed by atoms with Crippen molar-refractivity contribution in [2.75, 3.05) is 14.2 Å². The van der Waals surface area contributed by atoms with Crippen molar-refractivity contribution in [2.24, 2.45) is 0 Å². The van der Waals surface area contributed by atoms with Gasteiger partial charge in [0.2, 0.25) is 0 Å². The van der Waals surface area contributed by atoms with Crippen molar-refractivity contribution < 1.29 is 28.3 Å². The third-order valence-electron chi connectivity index (χ3n) is 4.68. The van der Waals surface area contributed by atoms with Gasteiger partial charge in [-0.3, -0.25) is 0 Å². The third kappa shape index (κ3) is 4.03. The molecule has 0 radical (unpaired) electrons. The number of rotatable bonds is 6. The van der Waals surface area contributed by atoms with E-state index in [1.54, 1.807) is 24.3 Å². The number of carbonyl (C=O) groups is 1. The number of ether oxygens (including phenoxy) is 4. The fourth-order valence-corrected chi connectivity index (χ4v) is 3.24.